The molecule has 0 unspecified atom stereocenters. The molecular formula is C22H25BrN4OS. The average molecular weight is 473 g/mol. The van der Waals surface area contributed by atoms with Gasteiger partial charge in [0.1, 0.15) is 10.8 Å². The lowest BCUT2D eigenvalue weighted by Gasteiger charge is -2.10. The molecule has 5 nitrogen and oxygen atoms in total. The Morgan fingerprint density at radius 2 is 1.83 bits per heavy atom. The summed E-state index contributed by atoms with van der Waals surface area (Å²) in [7, 11) is 0. The molecule has 0 amide bonds. The maximum atomic E-state index is 5.79. The number of aromatic nitrogens is 2. The van der Waals surface area contributed by atoms with E-state index in [-0.39, 0.29) is 0 Å². The molecule has 0 spiro atoms. The van der Waals surface area contributed by atoms with E-state index in [0.29, 0.717) is 18.6 Å². The number of anilines is 2. The van der Waals surface area contributed by atoms with Crippen molar-refractivity contribution in [3.05, 3.63) is 65.3 Å². The third kappa shape index (κ3) is 7.34. The van der Waals surface area contributed by atoms with Gasteiger partial charge in [-0.1, -0.05) is 43.8 Å². The van der Waals surface area contributed by atoms with Crippen LogP contribution in [0.5, 0.6) is 5.75 Å². The number of benzene rings is 2. The second kappa shape index (κ2) is 11.2. The highest BCUT2D eigenvalue weighted by Gasteiger charge is 2.08. The fraction of sp³-hybridized carbons (Fsp3) is 0.273. The molecule has 0 aliphatic rings. The van der Waals surface area contributed by atoms with E-state index in [9.17, 15) is 0 Å². The van der Waals surface area contributed by atoms with E-state index in [1.165, 1.54) is 0 Å². The summed E-state index contributed by atoms with van der Waals surface area (Å²) < 4.78 is 6.65. The largest absolute Gasteiger partial charge is 0.494 e. The van der Waals surface area contributed by atoms with Gasteiger partial charge in [-0.2, -0.15) is 0 Å². The van der Waals surface area contributed by atoms with Crippen LogP contribution in [0.15, 0.2) is 75.2 Å². The number of rotatable bonds is 10. The van der Waals surface area contributed by atoms with Crippen molar-refractivity contribution in [2.75, 3.05) is 18.5 Å². The van der Waals surface area contributed by atoms with E-state index in [2.05, 4.69) is 62.5 Å². The van der Waals surface area contributed by atoms with Crippen LogP contribution >= 0.6 is 27.7 Å². The van der Waals surface area contributed by atoms with Gasteiger partial charge in [0.05, 0.1) is 11.1 Å². The topological polar surface area (TPSA) is 59.1 Å². The minimum atomic E-state index is 0.507. The molecule has 3 rings (SSSR count). The molecule has 0 radical (unpaired) electrons. The molecule has 0 aliphatic carbocycles. The van der Waals surface area contributed by atoms with Crippen molar-refractivity contribution in [1.29, 1.82) is 0 Å². The van der Waals surface area contributed by atoms with Crippen LogP contribution in [0.25, 0.3) is 0 Å². The fourth-order valence-corrected chi connectivity index (χ4v) is 3.73. The predicted octanol–water partition coefficient (Wildman–Crippen LogP) is 5.90. The summed E-state index contributed by atoms with van der Waals surface area (Å²) in [5.74, 6) is 1.41. The quantitative estimate of drug-likeness (QED) is 0.282. The zero-order valence-corrected chi connectivity index (χ0v) is 19.0. The Bertz CT molecular complexity index is 891. The van der Waals surface area contributed by atoms with Crippen LogP contribution in [-0.4, -0.2) is 29.2 Å². The molecule has 3 aromatic rings. The molecule has 0 bridgehead atoms. The normalized spacial score (nSPS) is 10.9. The van der Waals surface area contributed by atoms with Gasteiger partial charge in [0.15, 0.2) is 0 Å². The monoisotopic (exact) mass is 472 g/mol. The molecule has 0 saturated carbocycles. The van der Waals surface area contributed by atoms with Crippen molar-refractivity contribution in [2.24, 2.45) is 0 Å². The summed E-state index contributed by atoms with van der Waals surface area (Å²) in [6.45, 7) is 5.94. The lowest BCUT2D eigenvalue weighted by atomic mass is 10.3. The summed E-state index contributed by atoms with van der Waals surface area (Å²) in [4.78, 5) is 10.1. The second-order valence-corrected chi connectivity index (χ2v) is 8.64. The van der Waals surface area contributed by atoms with E-state index in [0.717, 1.165) is 38.8 Å². The lowest BCUT2D eigenvalue weighted by Crippen LogP contribution is -2.24. The minimum absolute atomic E-state index is 0.507. The molecule has 1 heterocycles. The van der Waals surface area contributed by atoms with Gasteiger partial charge in [-0.05, 0) is 65.3 Å². The first-order chi connectivity index (χ1) is 14.1. The van der Waals surface area contributed by atoms with Crippen LogP contribution in [0, 0.1) is 0 Å². The van der Waals surface area contributed by atoms with E-state index >= 15 is 0 Å². The highest BCUT2D eigenvalue weighted by molar-refractivity contribution is 9.10. The van der Waals surface area contributed by atoms with Gasteiger partial charge in [0, 0.05) is 22.8 Å². The predicted molar refractivity (Wildman–Crippen MR) is 123 cm³/mol. The molecule has 2 N–H and O–H groups in total. The maximum absolute atomic E-state index is 5.79. The fourth-order valence-electron chi connectivity index (χ4n) is 2.50. The maximum Gasteiger partial charge on any atom is 0.228 e. The second-order valence-electron chi connectivity index (χ2n) is 6.72. The first kappa shape index (κ1) is 21.6. The third-order valence-electron chi connectivity index (χ3n) is 3.92. The summed E-state index contributed by atoms with van der Waals surface area (Å²) in [5.41, 5.74) is 0.914. The smallest absolute Gasteiger partial charge is 0.228 e. The number of nitrogens with one attached hydrogen (secondary N) is 2. The number of ether oxygens (including phenoxy) is 1. The van der Waals surface area contributed by atoms with Crippen LogP contribution in [0.4, 0.5) is 11.6 Å². The third-order valence-corrected chi connectivity index (χ3v) is 5.78. The molecule has 0 fully saturated rings. The Labute approximate surface area is 184 Å². The van der Waals surface area contributed by atoms with Gasteiger partial charge < -0.3 is 15.4 Å². The van der Waals surface area contributed by atoms with Crippen molar-refractivity contribution in [3.63, 3.8) is 0 Å². The molecule has 152 valence electrons. The van der Waals surface area contributed by atoms with Crippen LogP contribution < -0.4 is 15.4 Å². The van der Waals surface area contributed by atoms with Crippen molar-refractivity contribution >= 4 is 39.3 Å². The Hall–Kier alpha value is -2.09. The Morgan fingerprint density at radius 3 is 2.55 bits per heavy atom. The summed E-state index contributed by atoms with van der Waals surface area (Å²) >= 11 is 5.12. The number of hydrogen-bond acceptors (Lipinski definition) is 6. The van der Waals surface area contributed by atoms with Gasteiger partial charge in [-0.3, -0.25) is 0 Å². The molecule has 1 aromatic heterocycles. The standard InChI is InChI=1S/C22H25BrN4OS/c1-16(2)24-13-6-14-28-18-11-9-17(10-12-18)26-22-25-15-20(23)21(27-22)29-19-7-4-3-5-8-19/h3-5,7-12,15-16,24H,6,13-14H2,1-2H3,(H,25,26,27). The van der Waals surface area contributed by atoms with Gasteiger partial charge >= 0.3 is 0 Å². The highest BCUT2D eigenvalue weighted by Crippen LogP contribution is 2.32. The molecular weight excluding hydrogens is 448 g/mol. The van der Waals surface area contributed by atoms with E-state index in [4.69, 9.17) is 4.74 Å². The number of halogens is 1. The number of hydrogen-bond donors (Lipinski definition) is 2. The minimum Gasteiger partial charge on any atom is -0.494 e. The van der Waals surface area contributed by atoms with Crippen molar-refractivity contribution in [2.45, 2.75) is 36.2 Å². The van der Waals surface area contributed by atoms with E-state index < -0.39 is 0 Å². The van der Waals surface area contributed by atoms with Crippen LogP contribution in [-0.2, 0) is 0 Å². The lowest BCUT2D eigenvalue weighted by molar-refractivity contribution is 0.306. The van der Waals surface area contributed by atoms with Gasteiger partial charge in [0.2, 0.25) is 5.95 Å². The van der Waals surface area contributed by atoms with Crippen LogP contribution in [0.3, 0.4) is 0 Å². The van der Waals surface area contributed by atoms with Crippen LogP contribution in [0.1, 0.15) is 20.3 Å². The number of nitrogens with zero attached hydrogens (tertiary/aromatic N) is 2. The van der Waals surface area contributed by atoms with Crippen molar-refractivity contribution < 1.29 is 4.74 Å². The van der Waals surface area contributed by atoms with Crippen molar-refractivity contribution in [1.82, 2.24) is 15.3 Å². The van der Waals surface area contributed by atoms with Gasteiger partial charge in [-0.15, -0.1) is 0 Å². The zero-order chi connectivity index (χ0) is 20.5. The van der Waals surface area contributed by atoms with E-state index in [1.54, 1.807) is 18.0 Å². The molecule has 2 aromatic carbocycles. The molecule has 0 aliphatic heterocycles. The first-order valence-corrected chi connectivity index (χ1v) is 11.2. The Kier molecular flexibility index (Phi) is 8.34. The molecule has 0 atom stereocenters. The molecule has 0 saturated heterocycles. The summed E-state index contributed by atoms with van der Waals surface area (Å²) in [5, 5.41) is 7.50. The summed E-state index contributed by atoms with van der Waals surface area (Å²) in [6.07, 6.45) is 2.75. The van der Waals surface area contributed by atoms with Crippen LogP contribution in [0.2, 0.25) is 0 Å². The van der Waals surface area contributed by atoms with Crippen molar-refractivity contribution in [3.8, 4) is 5.75 Å². The SMILES string of the molecule is CC(C)NCCCOc1ccc(Nc2ncc(Br)c(Sc3ccccc3)n2)cc1. The zero-order valence-electron chi connectivity index (χ0n) is 16.6. The van der Waals surface area contributed by atoms with E-state index in [1.807, 2.05) is 42.5 Å². The highest BCUT2D eigenvalue weighted by atomic mass is 79.9. The van der Waals surface area contributed by atoms with Gasteiger partial charge in [-0.25, -0.2) is 9.97 Å². The molecule has 7 heteroatoms. The molecule has 29 heavy (non-hydrogen) atoms. The first-order valence-electron chi connectivity index (χ1n) is 9.59. The summed E-state index contributed by atoms with van der Waals surface area (Å²) in [6, 6.07) is 18.5. The van der Waals surface area contributed by atoms with Gasteiger partial charge in [0.25, 0.3) is 0 Å². The Balaban J connectivity index is 1.55. The Morgan fingerprint density at radius 1 is 1.07 bits per heavy atom. The average Bonchev–Trinajstić information content (AvgIpc) is 2.72.